The van der Waals surface area contributed by atoms with Gasteiger partial charge in [0.1, 0.15) is 11.5 Å². The number of anilines is 1. The Morgan fingerprint density at radius 2 is 1.23 bits per heavy atom. The molecule has 5 aromatic rings. The maximum atomic E-state index is 13.1. The van der Waals surface area contributed by atoms with E-state index in [-0.39, 0.29) is 52.3 Å². The summed E-state index contributed by atoms with van der Waals surface area (Å²) in [6.45, 7) is 5.82. The van der Waals surface area contributed by atoms with Crippen LogP contribution in [0.1, 0.15) is 81.8 Å². The molecule has 0 bridgehead atoms. The van der Waals surface area contributed by atoms with E-state index in [9.17, 15) is 50.6 Å². The Kier molecular flexibility index (Phi) is 14.9. The number of nitrogens with zero attached hydrogens (tertiary/aromatic N) is 4. The predicted octanol–water partition coefficient (Wildman–Crippen LogP) is 8.54. The summed E-state index contributed by atoms with van der Waals surface area (Å²) in [5.41, 5.74) is 1.59. The number of H-pyrrole nitrogens is 1. The number of hydrogen-bond donors (Lipinski definition) is 3. The number of hydrogen-bond acceptors (Lipinski definition) is 10. The molecule has 18 heteroatoms. The number of carbonyl (C=O) groups excluding carboxylic acids is 4. The van der Waals surface area contributed by atoms with E-state index in [0.717, 1.165) is 29.2 Å². The van der Waals surface area contributed by atoms with E-state index < -0.39 is 35.3 Å². The molecule has 0 aliphatic carbocycles. The van der Waals surface area contributed by atoms with Gasteiger partial charge in [0.05, 0.1) is 34.6 Å². The molecular weight excluding hydrogens is 823 g/mol. The third-order valence-electron chi connectivity index (χ3n) is 8.84. The summed E-state index contributed by atoms with van der Waals surface area (Å²) >= 11 is 0. The number of imide groups is 1. The number of benzene rings is 4. The van der Waals surface area contributed by atoms with Crippen LogP contribution in [0.5, 0.6) is 5.88 Å². The van der Waals surface area contributed by atoms with Gasteiger partial charge < -0.3 is 19.8 Å². The normalized spacial score (nSPS) is 13.5. The molecule has 1 aliphatic rings. The lowest BCUT2D eigenvalue weighted by Crippen LogP contribution is -2.31. The van der Waals surface area contributed by atoms with Crippen LogP contribution in [-0.4, -0.2) is 84.0 Å². The Labute approximate surface area is 352 Å². The Bertz CT molecular complexity index is 2540. The van der Waals surface area contributed by atoms with Crippen molar-refractivity contribution >= 4 is 57.0 Å². The molecule has 62 heavy (non-hydrogen) atoms. The first-order valence-electron chi connectivity index (χ1n) is 18.6. The lowest BCUT2D eigenvalue weighted by molar-refractivity contribution is -0.138. The number of amides is 2. The lowest BCUT2D eigenvalue weighted by Gasteiger charge is -2.14. The topological polar surface area (TPSA) is 162 Å². The number of ether oxygens (including phenoxy) is 1. The van der Waals surface area contributed by atoms with Crippen molar-refractivity contribution < 1.29 is 55.4 Å². The zero-order valence-electron chi connectivity index (χ0n) is 34.9. The second-order valence-corrected chi connectivity index (χ2v) is 14.2. The third kappa shape index (κ3) is 11.1. The fourth-order valence-electron chi connectivity index (χ4n) is 6.18. The highest BCUT2D eigenvalue weighted by atomic mass is 19.4. The molecule has 4 N–H and O–H groups in total. The van der Waals surface area contributed by atoms with Crippen molar-refractivity contribution in [1.82, 2.24) is 15.0 Å². The number of halogens is 6. The quantitative estimate of drug-likeness (QED) is 0.0264. The SMILES string of the molecule is CC(=O)c1ccc2[nH]c(O)c(C(=NN(C)C)c3ccc(C(F)(F)F)cc3)c2c1.CCO/C(=C1\C(=O)N(C(C)=O)c2ccc(C(C)=O)cc21)c1ccc(C(F)(F)F)cc1.CN(C)N. The van der Waals surface area contributed by atoms with Crippen LogP contribution < -0.4 is 10.7 Å². The van der Waals surface area contributed by atoms with Gasteiger partial charge in [-0.25, -0.2) is 4.90 Å². The molecule has 0 saturated heterocycles. The zero-order chi connectivity index (χ0) is 46.4. The van der Waals surface area contributed by atoms with Crippen molar-refractivity contribution in [3.8, 4) is 5.88 Å². The number of hydrazone groups is 1. The molecule has 2 heterocycles. The van der Waals surface area contributed by atoms with Crippen LogP contribution in [0.3, 0.4) is 0 Å². The number of aromatic nitrogens is 1. The van der Waals surface area contributed by atoms with Gasteiger partial charge in [-0.2, -0.15) is 31.4 Å². The van der Waals surface area contributed by atoms with E-state index in [4.69, 9.17) is 10.6 Å². The molecule has 0 unspecified atom stereocenters. The number of nitrogens with two attached hydrogens (primary N) is 1. The van der Waals surface area contributed by atoms with Crippen LogP contribution in [-0.2, 0) is 26.7 Å². The first kappa shape index (κ1) is 47.9. The van der Waals surface area contributed by atoms with Crippen LogP contribution >= 0.6 is 0 Å². The highest BCUT2D eigenvalue weighted by Gasteiger charge is 2.39. The van der Waals surface area contributed by atoms with Gasteiger partial charge in [0, 0.05) is 73.8 Å². The average molecular weight is 867 g/mol. The van der Waals surface area contributed by atoms with E-state index in [1.165, 1.54) is 73.3 Å². The molecule has 0 fully saturated rings. The molecule has 328 valence electrons. The Hall–Kier alpha value is -6.79. The molecule has 0 saturated carbocycles. The second kappa shape index (κ2) is 19.3. The molecular formula is C44H44F6N6O6. The molecule has 12 nitrogen and oxygen atoms in total. The van der Waals surface area contributed by atoms with E-state index in [0.29, 0.717) is 38.7 Å². The number of aromatic hydroxyl groups is 1. The van der Waals surface area contributed by atoms with Crippen molar-refractivity contribution in [3.05, 3.63) is 129 Å². The van der Waals surface area contributed by atoms with E-state index in [1.807, 2.05) is 0 Å². The minimum Gasteiger partial charge on any atom is -0.494 e. The van der Waals surface area contributed by atoms with Gasteiger partial charge in [0.25, 0.3) is 5.91 Å². The number of Topliss-reactive ketones (excluding diaryl/α,β-unsaturated/α-hetero) is 2. The van der Waals surface area contributed by atoms with Crippen molar-refractivity contribution in [3.63, 3.8) is 0 Å². The highest BCUT2D eigenvalue weighted by Crippen LogP contribution is 2.42. The fourth-order valence-corrected chi connectivity index (χ4v) is 6.18. The molecule has 1 aromatic heterocycles. The van der Waals surface area contributed by atoms with Crippen LogP contribution in [0.4, 0.5) is 32.0 Å². The van der Waals surface area contributed by atoms with Crippen molar-refractivity contribution in [2.45, 2.75) is 40.0 Å². The van der Waals surface area contributed by atoms with Gasteiger partial charge in [-0.3, -0.25) is 30.0 Å². The molecule has 0 radical (unpaired) electrons. The molecule has 0 spiro atoms. The lowest BCUT2D eigenvalue weighted by atomic mass is 9.98. The monoisotopic (exact) mass is 866 g/mol. The number of carbonyl (C=O) groups is 4. The van der Waals surface area contributed by atoms with Gasteiger partial charge in [0.15, 0.2) is 17.4 Å². The number of alkyl halides is 6. The predicted molar refractivity (Wildman–Crippen MR) is 223 cm³/mol. The standard InChI is InChI=1S/C22H18F3NO4.C20H18F3N3O2.C2H8N2/c1-4-30-20(14-5-8-16(9-6-14)22(23,24)25)19-17-11-15(12(2)27)7-10-18(17)26(13(3)28)21(19)29;1-11(27)13-6-9-16-15(10-13)17(19(28)24-16)18(25-26(2)3)12-4-7-14(8-5-12)20(21,22)23;1-4(2)3/h5-11H,4H2,1-3H3;4-10,24,28H,1-3H3;3H2,1-2H3/b20-19-;;. The van der Waals surface area contributed by atoms with Crippen LogP contribution in [0.25, 0.3) is 22.2 Å². The summed E-state index contributed by atoms with van der Waals surface area (Å²) in [5, 5.41) is 18.4. The summed E-state index contributed by atoms with van der Waals surface area (Å²) in [6, 6.07) is 18.1. The highest BCUT2D eigenvalue weighted by molar-refractivity contribution is 6.43. The number of aromatic amines is 1. The molecule has 4 aromatic carbocycles. The van der Waals surface area contributed by atoms with Crippen LogP contribution in [0.2, 0.25) is 0 Å². The van der Waals surface area contributed by atoms with Crippen molar-refractivity contribution in [2.24, 2.45) is 10.9 Å². The van der Waals surface area contributed by atoms with E-state index in [1.54, 1.807) is 53.3 Å². The second-order valence-electron chi connectivity index (χ2n) is 14.2. The van der Waals surface area contributed by atoms with Crippen molar-refractivity contribution in [2.75, 3.05) is 39.7 Å². The molecule has 1 aliphatic heterocycles. The van der Waals surface area contributed by atoms with Gasteiger partial charge in [-0.1, -0.05) is 24.3 Å². The van der Waals surface area contributed by atoms with Crippen molar-refractivity contribution in [1.29, 1.82) is 0 Å². The maximum Gasteiger partial charge on any atom is 0.416 e. The zero-order valence-corrected chi connectivity index (χ0v) is 34.9. The Morgan fingerprint density at radius 3 is 1.68 bits per heavy atom. The van der Waals surface area contributed by atoms with E-state index >= 15 is 0 Å². The summed E-state index contributed by atoms with van der Waals surface area (Å²) in [5.74, 6) is 3.22. The summed E-state index contributed by atoms with van der Waals surface area (Å²) in [6.07, 6.45) is -8.95. The first-order valence-corrected chi connectivity index (χ1v) is 18.6. The summed E-state index contributed by atoms with van der Waals surface area (Å²) < 4.78 is 83.0. The number of rotatable bonds is 8. The fraction of sp³-hybridized carbons (Fsp3) is 0.250. The Morgan fingerprint density at radius 1 is 0.758 bits per heavy atom. The third-order valence-corrected chi connectivity index (χ3v) is 8.84. The Balaban J connectivity index is 0.000000251. The van der Waals surface area contributed by atoms with Gasteiger partial charge in [0.2, 0.25) is 5.91 Å². The minimum atomic E-state index is -4.50. The summed E-state index contributed by atoms with van der Waals surface area (Å²) in [7, 11) is 6.88. The molecule has 6 rings (SSSR count). The number of fused-ring (bicyclic) bond motifs is 2. The van der Waals surface area contributed by atoms with Crippen LogP contribution in [0, 0.1) is 0 Å². The number of hydrazine groups is 1. The average Bonchev–Trinajstić information content (AvgIpc) is 3.66. The maximum absolute atomic E-state index is 13.1. The smallest absolute Gasteiger partial charge is 0.416 e. The minimum absolute atomic E-state index is 0.0184. The largest absolute Gasteiger partial charge is 0.494 e. The molecule has 0 atom stereocenters. The van der Waals surface area contributed by atoms with Gasteiger partial charge in [-0.15, -0.1) is 0 Å². The number of ketones is 2. The first-order chi connectivity index (χ1) is 28.9. The summed E-state index contributed by atoms with van der Waals surface area (Å²) in [4.78, 5) is 52.5. The van der Waals surface area contributed by atoms with Crippen LogP contribution in [0.15, 0.2) is 90.0 Å². The van der Waals surface area contributed by atoms with E-state index in [2.05, 4.69) is 10.1 Å². The molecule has 2 amide bonds. The number of nitrogens with one attached hydrogen (secondary N) is 1. The van der Waals surface area contributed by atoms with Gasteiger partial charge >= 0.3 is 12.4 Å². The van der Waals surface area contributed by atoms with Gasteiger partial charge in [-0.05, 0) is 81.4 Å².